The number of hydrogen-bond donors (Lipinski definition) is 2. The second-order valence-electron chi connectivity index (χ2n) is 5.31. The van der Waals surface area contributed by atoms with Crippen LogP contribution in [-0.4, -0.2) is 26.8 Å². The Hall–Kier alpha value is -0.910. The predicted octanol–water partition coefficient (Wildman–Crippen LogP) is 2.36. The van der Waals surface area contributed by atoms with E-state index in [0.29, 0.717) is 6.54 Å². The number of rotatable bonds is 8. The quantitative estimate of drug-likeness (QED) is 0.724. The Morgan fingerprint density at radius 1 is 1.15 bits per heavy atom. The number of aryl methyl sites for hydroxylation is 1. The third kappa shape index (κ3) is 5.23. The van der Waals surface area contributed by atoms with Crippen LogP contribution < -0.4 is 10.0 Å². The second-order valence-corrected chi connectivity index (χ2v) is 7.44. The van der Waals surface area contributed by atoms with Gasteiger partial charge in [0.25, 0.3) is 0 Å². The monoisotopic (exact) mass is 298 g/mol. The summed E-state index contributed by atoms with van der Waals surface area (Å²) >= 11 is 0. The summed E-state index contributed by atoms with van der Waals surface area (Å²) < 4.78 is 27.2. The maximum atomic E-state index is 12.2. The highest BCUT2D eigenvalue weighted by molar-refractivity contribution is 7.90. The van der Waals surface area contributed by atoms with E-state index >= 15 is 0 Å². The second kappa shape index (κ2) is 7.76. The summed E-state index contributed by atoms with van der Waals surface area (Å²) in [6, 6.07) is 7.69. The van der Waals surface area contributed by atoms with Gasteiger partial charge < -0.3 is 5.32 Å². The predicted molar refractivity (Wildman–Crippen MR) is 84.3 cm³/mol. The lowest BCUT2D eigenvalue weighted by molar-refractivity contribution is 0.544. The van der Waals surface area contributed by atoms with Crippen LogP contribution in [0.15, 0.2) is 24.3 Å². The number of benzene rings is 1. The minimum absolute atomic E-state index is 0.214. The molecule has 1 aromatic carbocycles. The lowest BCUT2D eigenvalue weighted by Crippen LogP contribution is -2.40. The van der Waals surface area contributed by atoms with Gasteiger partial charge in [-0.1, -0.05) is 36.8 Å². The molecule has 0 bridgehead atoms. The Balaban J connectivity index is 2.63. The normalized spacial score (nSPS) is 15.0. The van der Waals surface area contributed by atoms with Crippen LogP contribution >= 0.6 is 0 Å². The van der Waals surface area contributed by atoms with E-state index in [2.05, 4.69) is 17.0 Å². The molecule has 5 heteroatoms. The highest BCUT2D eigenvalue weighted by Crippen LogP contribution is 2.15. The van der Waals surface area contributed by atoms with Gasteiger partial charge in [-0.2, -0.15) is 0 Å². The average molecular weight is 298 g/mol. The molecule has 0 aliphatic heterocycles. The topological polar surface area (TPSA) is 58.2 Å². The Morgan fingerprint density at radius 3 is 2.30 bits per heavy atom. The fourth-order valence-electron chi connectivity index (χ4n) is 1.88. The highest BCUT2D eigenvalue weighted by atomic mass is 32.2. The van der Waals surface area contributed by atoms with Gasteiger partial charge in [-0.15, -0.1) is 0 Å². The van der Waals surface area contributed by atoms with Crippen molar-refractivity contribution in [2.45, 2.75) is 45.4 Å². The third-order valence-corrected chi connectivity index (χ3v) is 5.21. The first kappa shape index (κ1) is 17.1. The molecular formula is C15H26N2O2S. The van der Waals surface area contributed by atoms with Gasteiger partial charge in [-0.25, -0.2) is 13.1 Å². The minimum Gasteiger partial charge on any atom is -0.315 e. The van der Waals surface area contributed by atoms with Gasteiger partial charge in [0.05, 0.1) is 5.25 Å². The molecule has 0 saturated heterocycles. The molecule has 114 valence electrons. The molecule has 0 aliphatic rings. The van der Waals surface area contributed by atoms with Crippen molar-refractivity contribution >= 4 is 10.0 Å². The average Bonchev–Trinajstić information content (AvgIpc) is 2.39. The van der Waals surface area contributed by atoms with E-state index in [4.69, 9.17) is 0 Å². The van der Waals surface area contributed by atoms with Crippen LogP contribution in [0.3, 0.4) is 0 Å². The molecule has 1 rings (SSSR count). The first-order chi connectivity index (χ1) is 9.36. The van der Waals surface area contributed by atoms with E-state index in [9.17, 15) is 8.42 Å². The Kier molecular flexibility index (Phi) is 6.65. The highest BCUT2D eigenvalue weighted by Gasteiger charge is 2.22. The first-order valence-corrected chi connectivity index (χ1v) is 8.70. The summed E-state index contributed by atoms with van der Waals surface area (Å²) in [4.78, 5) is 0. The molecule has 0 amide bonds. The third-order valence-electron chi connectivity index (χ3n) is 3.31. The fraction of sp³-hybridized carbons (Fsp3) is 0.600. The van der Waals surface area contributed by atoms with Gasteiger partial charge >= 0.3 is 0 Å². The van der Waals surface area contributed by atoms with Gasteiger partial charge in [0.1, 0.15) is 0 Å². The minimum atomic E-state index is -3.31. The molecule has 2 N–H and O–H groups in total. The summed E-state index contributed by atoms with van der Waals surface area (Å²) in [6.07, 6.45) is 1.000. The van der Waals surface area contributed by atoms with Gasteiger partial charge in [0.2, 0.25) is 10.0 Å². The summed E-state index contributed by atoms with van der Waals surface area (Å²) in [5.41, 5.74) is 2.15. The molecule has 0 spiro atoms. The van der Waals surface area contributed by atoms with E-state index in [-0.39, 0.29) is 6.04 Å². The largest absolute Gasteiger partial charge is 0.315 e. The van der Waals surface area contributed by atoms with Crippen molar-refractivity contribution in [3.05, 3.63) is 35.4 Å². The van der Waals surface area contributed by atoms with E-state index in [1.807, 2.05) is 38.1 Å². The lowest BCUT2D eigenvalue weighted by Gasteiger charge is -2.19. The standard InChI is InChI=1S/C15H26N2O2S/c1-5-10-16-11-13(3)20(18,19)17-14(4)15-8-6-12(2)7-9-15/h6-9,13-14,16-17H,5,10-11H2,1-4H3. The number of hydrogen-bond acceptors (Lipinski definition) is 3. The SMILES string of the molecule is CCCNCC(C)S(=O)(=O)NC(C)c1ccc(C)cc1. The van der Waals surface area contributed by atoms with Crippen molar-refractivity contribution in [3.8, 4) is 0 Å². The van der Waals surface area contributed by atoms with Crippen molar-refractivity contribution in [1.82, 2.24) is 10.0 Å². The van der Waals surface area contributed by atoms with Crippen LogP contribution in [0.25, 0.3) is 0 Å². The maximum Gasteiger partial charge on any atom is 0.216 e. The number of nitrogens with one attached hydrogen (secondary N) is 2. The summed E-state index contributed by atoms with van der Waals surface area (Å²) in [6.45, 7) is 8.99. The molecule has 0 fully saturated rings. The van der Waals surface area contributed by atoms with Crippen LogP contribution in [0, 0.1) is 6.92 Å². The zero-order chi connectivity index (χ0) is 15.2. The van der Waals surface area contributed by atoms with Gasteiger partial charge in [-0.3, -0.25) is 0 Å². The number of sulfonamides is 1. The van der Waals surface area contributed by atoms with Crippen LogP contribution in [0.1, 0.15) is 44.4 Å². The molecule has 4 nitrogen and oxygen atoms in total. The van der Waals surface area contributed by atoms with Crippen LogP contribution in [0.5, 0.6) is 0 Å². The Labute approximate surface area is 123 Å². The molecule has 0 saturated carbocycles. The lowest BCUT2D eigenvalue weighted by atomic mass is 10.1. The molecule has 20 heavy (non-hydrogen) atoms. The smallest absolute Gasteiger partial charge is 0.216 e. The Morgan fingerprint density at radius 2 is 1.75 bits per heavy atom. The molecule has 2 atom stereocenters. The van der Waals surface area contributed by atoms with Crippen LogP contribution in [0.4, 0.5) is 0 Å². The molecule has 0 heterocycles. The van der Waals surface area contributed by atoms with Crippen molar-refractivity contribution in [3.63, 3.8) is 0 Å². The summed E-state index contributed by atoms with van der Waals surface area (Å²) in [5, 5.41) is 2.70. The van der Waals surface area contributed by atoms with E-state index < -0.39 is 15.3 Å². The van der Waals surface area contributed by atoms with Crippen molar-refractivity contribution in [1.29, 1.82) is 0 Å². The van der Waals surface area contributed by atoms with E-state index in [1.165, 1.54) is 5.56 Å². The summed E-state index contributed by atoms with van der Waals surface area (Å²) in [7, 11) is -3.31. The molecule has 0 aliphatic carbocycles. The fourth-order valence-corrected chi connectivity index (χ4v) is 3.08. The first-order valence-electron chi connectivity index (χ1n) is 7.15. The van der Waals surface area contributed by atoms with Crippen molar-refractivity contribution in [2.75, 3.05) is 13.1 Å². The maximum absolute atomic E-state index is 12.2. The molecule has 2 unspecified atom stereocenters. The zero-order valence-electron chi connectivity index (χ0n) is 12.8. The molecule has 1 aromatic rings. The molecule has 0 aromatic heterocycles. The Bertz CT molecular complexity index is 497. The van der Waals surface area contributed by atoms with Crippen molar-refractivity contribution in [2.24, 2.45) is 0 Å². The van der Waals surface area contributed by atoms with E-state index in [1.54, 1.807) is 6.92 Å². The van der Waals surface area contributed by atoms with Crippen LogP contribution in [0.2, 0.25) is 0 Å². The molecular weight excluding hydrogens is 272 g/mol. The van der Waals surface area contributed by atoms with Gasteiger partial charge in [-0.05, 0) is 39.3 Å². The van der Waals surface area contributed by atoms with Crippen LogP contribution in [-0.2, 0) is 10.0 Å². The van der Waals surface area contributed by atoms with E-state index in [0.717, 1.165) is 18.5 Å². The van der Waals surface area contributed by atoms with Gasteiger partial charge in [0, 0.05) is 12.6 Å². The van der Waals surface area contributed by atoms with Crippen molar-refractivity contribution < 1.29 is 8.42 Å². The zero-order valence-corrected chi connectivity index (χ0v) is 13.6. The molecule has 0 radical (unpaired) electrons. The summed E-state index contributed by atoms with van der Waals surface area (Å²) in [5.74, 6) is 0. The van der Waals surface area contributed by atoms with Gasteiger partial charge in [0.15, 0.2) is 0 Å².